The van der Waals surface area contributed by atoms with Gasteiger partial charge in [-0.2, -0.15) is 0 Å². The Bertz CT molecular complexity index is 849. The number of carbonyl (C=O) groups is 2. The fourth-order valence-corrected chi connectivity index (χ4v) is 3.36. The molecule has 3 amide bonds. The number of likely N-dealkylation sites (tertiary alicyclic amines) is 1. The van der Waals surface area contributed by atoms with Crippen LogP contribution in [0.1, 0.15) is 30.1 Å². The van der Waals surface area contributed by atoms with E-state index < -0.39 is 6.03 Å². The number of hydrogen-bond acceptors (Lipinski definition) is 2. The molecule has 1 fully saturated rings. The first-order chi connectivity index (χ1) is 12.9. The third-order valence-corrected chi connectivity index (χ3v) is 5.46. The second-order valence-corrected chi connectivity index (χ2v) is 7.52. The molecule has 2 aromatic carbocycles. The molecule has 0 spiro atoms. The number of piperidine rings is 1. The van der Waals surface area contributed by atoms with Crippen molar-refractivity contribution in [1.29, 1.82) is 0 Å². The van der Waals surface area contributed by atoms with E-state index in [4.69, 9.17) is 23.2 Å². The van der Waals surface area contributed by atoms with Crippen LogP contribution in [-0.4, -0.2) is 29.9 Å². The molecule has 0 saturated carbocycles. The number of benzene rings is 2. The first-order valence-corrected chi connectivity index (χ1v) is 9.61. The Morgan fingerprint density at radius 1 is 1.04 bits per heavy atom. The van der Waals surface area contributed by atoms with E-state index in [0.29, 0.717) is 27.9 Å². The Labute approximate surface area is 168 Å². The first kappa shape index (κ1) is 19.5. The summed E-state index contributed by atoms with van der Waals surface area (Å²) >= 11 is 12.0. The van der Waals surface area contributed by atoms with E-state index in [9.17, 15) is 9.59 Å². The summed E-state index contributed by atoms with van der Waals surface area (Å²) in [7, 11) is 0. The zero-order valence-corrected chi connectivity index (χ0v) is 16.5. The second kappa shape index (κ2) is 8.63. The van der Waals surface area contributed by atoms with Crippen LogP contribution in [0.25, 0.3) is 0 Å². The zero-order valence-electron chi connectivity index (χ0n) is 15.0. The molecule has 7 heteroatoms. The molecule has 0 atom stereocenters. The Hall–Kier alpha value is -2.24. The highest BCUT2D eigenvalue weighted by Crippen LogP contribution is 2.29. The summed E-state index contributed by atoms with van der Waals surface area (Å²) < 4.78 is 0. The van der Waals surface area contributed by atoms with Gasteiger partial charge in [-0.1, -0.05) is 42.3 Å². The standard InChI is InChI=1S/C20H21Cl2N3O2/c1-13-8-10-25(11-9-13)19(26)14-4-2-5-15(12-14)23-20(27)24-17-7-3-6-16(21)18(17)22/h2-7,12-13H,8-11H2,1H3,(H2,23,24,27). The predicted octanol–water partition coefficient (Wildman–Crippen LogP) is 5.51. The molecule has 0 aromatic heterocycles. The molecule has 27 heavy (non-hydrogen) atoms. The maximum atomic E-state index is 12.7. The van der Waals surface area contributed by atoms with Crippen molar-refractivity contribution in [3.05, 3.63) is 58.1 Å². The molecule has 3 rings (SSSR count). The molecular formula is C20H21Cl2N3O2. The van der Waals surface area contributed by atoms with E-state index in [0.717, 1.165) is 25.9 Å². The van der Waals surface area contributed by atoms with Crippen LogP contribution in [0.2, 0.25) is 10.0 Å². The van der Waals surface area contributed by atoms with Gasteiger partial charge in [0.1, 0.15) is 0 Å². The number of hydrogen-bond donors (Lipinski definition) is 2. The van der Waals surface area contributed by atoms with E-state index in [-0.39, 0.29) is 10.9 Å². The zero-order chi connectivity index (χ0) is 19.4. The van der Waals surface area contributed by atoms with Gasteiger partial charge in [0, 0.05) is 24.3 Å². The van der Waals surface area contributed by atoms with Crippen molar-refractivity contribution in [2.45, 2.75) is 19.8 Å². The van der Waals surface area contributed by atoms with E-state index in [1.807, 2.05) is 4.90 Å². The lowest BCUT2D eigenvalue weighted by Crippen LogP contribution is -2.37. The monoisotopic (exact) mass is 405 g/mol. The lowest BCUT2D eigenvalue weighted by atomic mass is 9.98. The first-order valence-electron chi connectivity index (χ1n) is 8.85. The number of amides is 3. The quantitative estimate of drug-likeness (QED) is 0.706. The summed E-state index contributed by atoms with van der Waals surface area (Å²) in [6.07, 6.45) is 2.04. The summed E-state index contributed by atoms with van der Waals surface area (Å²) in [5.74, 6) is 0.646. The highest BCUT2D eigenvalue weighted by Gasteiger charge is 2.21. The maximum absolute atomic E-state index is 12.7. The van der Waals surface area contributed by atoms with Gasteiger partial charge >= 0.3 is 6.03 Å². The molecule has 1 heterocycles. The summed E-state index contributed by atoms with van der Waals surface area (Å²) in [4.78, 5) is 26.8. The van der Waals surface area contributed by atoms with Gasteiger partial charge in [0.25, 0.3) is 5.91 Å². The van der Waals surface area contributed by atoms with Crippen LogP contribution in [0.4, 0.5) is 16.2 Å². The fraction of sp³-hybridized carbons (Fsp3) is 0.300. The van der Waals surface area contributed by atoms with Gasteiger partial charge in [0.05, 0.1) is 15.7 Å². The fourth-order valence-electron chi connectivity index (χ4n) is 3.01. The number of nitrogens with zero attached hydrogens (tertiary/aromatic N) is 1. The second-order valence-electron chi connectivity index (χ2n) is 6.74. The van der Waals surface area contributed by atoms with Crippen molar-refractivity contribution in [3.8, 4) is 0 Å². The molecule has 2 N–H and O–H groups in total. The van der Waals surface area contributed by atoms with E-state index in [1.165, 1.54) is 0 Å². The molecule has 0 unspecified atom stereocenters. The smallest absolute Gasteiger partial charge is 0.323 e. The van der Waals surface area contributed by atoms with Crippen molar-refractivity contribution >= 4 is 46.5 Å². The third kappa shape index (κ3) is 4.93. The average molecular weight is 406 g/mol. The predicted molar refractivity (Wildman–Crippen MR) is 110 cm³/mol. The van der Waals surface area contributed by atoms with Gasteiger partial charge in [0.15, 0.2) is 0 Å². The van der Waals surface area contributed by atoms with Crippen LogP contribution >= 0.6 is 23.2 Å². The topological polar surface area (TPSA) is 61.4 Å². The number of anilines is 2. The number of rotatable bonds is 3. The highest BCUT2D eigenvalue weighted by molar-refractivity contribution is 6.44. The van der Waals surface area contributed by atoms with Gasteiger partial charge < -0.3 is 15.5 Å². The minimum absolute atomic E-state index is 0.0103. The molecule has 1 aliphatic heterocycles. The van der Waals surface area contributed by atoms with Gasteiger partial charge in [0.2, 0.25) is 0 Å². The van der Waals surface area contributed by atoms with Crippen molar-refractivity contribution < 1.29 is 9.59 Å². The summed E-state index contributed by atoms with van der Waals surface area (Å²) in [5.41, 5.74) is 1.50. The Morgan fingerprint density at radius 3 is 2.48 bits per heavy atom. The van der Waals surface area contributed by atoms with Gasteiger partial charge in [-0.15, -0.1) is 0 Å². The molecule has 2 aromatic rings. The SMILES string of the molecule is CC1CCN(C(=O)c2cccc(NC(=O)Nc3cccc(Cl)c3Cl)c2)CC1. The van der Waals surface area contributed by atoms with Crippen molar-refractivity contribution in [2.24, 2.45) is 5.92 Å². The Kier molecular flexibility index (Phi) is 6.24. The van der Waals surface area contributed by atoms with Crippen molar-refractivity contribution in [1.82, 2.24) is 4.90 Å². The number of carbonyl (C=O) groups excluding carboxylic acids is 2. The van der Waals surface area contributed by atoms with Gasteiger partial charge in [-0.05, 0) is 49.1 Å². The molecule has 5 nitrogen and oxygen atoms in total. The molecular weight excluding hydrogens is 385 g/mol. The van der Waals surface area contributed by atoms with Crippen LogP contribution in [-0.2, 0) is 0 Å². The average Bonchev–Trinajstić information content (AvgIpc) is 2.66. The number of urea groups is 1. The molecule has 1 saturated heterocycles. The minimum atomic E-state index is -0.462. The number of halogens is 2. The summed E-state index contributed by atoms with van der Waals surface area (Å²) in [6, 6.07) is 11.5. The van der Waals surface area contributed by atoms with Crippen LogP contribution in [0.5, 0.6) is 0 Å². The molecule has 0 bridgehead atoms. The number of nitrogens with one attached hydrogen (secondary N) is 2. The third-order valence-electron chi connectivity index (χ3n) is 4.64. The largest absolute Gasteiger partial charge is 0.339 e. The van der Waals surface area contributed by atoms with Crippen LogP contribution in [0.15, 0.2) is 42.5 Å². The van der Waals surface area contributed by atoms with Crippen molar-refractivity contribution in [3.63, 3.8) is 0 Å². The van der Waals surface area contributed by atoms with Crippen LogP contribution < -0.4 is 10.6 Å². The lowest BCUT2D eigenvalue weighted by Gasteiger charge is -2.30. The minimum Gasteiger partial charge on any atom is -0.339 e. The Morgan fingerprint density at radius 2 is 1.74 bits per heavy atom. The Balaban J connectivity index is 1.65. The highest BCUT2D eigenvalue weighted by atomic mass is 35.5. The summed E-state index contributed by atoms with van der Waals surface area (Å²) in [5, 5.41) is 6.01. The lowest BCUT2D eigenvalue weighted by molar-refractivity contribution is 0.0697. The van der Waals surface area contributed by atoms with E-state index >= 15 is 0 Å². The normalized spacial score (nSPS) is 14.7. The maximum Gasteiger partial charge on any atom is 0.323 e. The summed E-state index contributed by atoms with van der Waals surface area (Å²) in [6.45, 7) is 3.74. The van der Waals surface area contributed by atoms with E-state index in [1.54, 1.807) is 42.5 Å². The van der Waals surface area contributed by atoms with Gasteiger partial charge in [-0.25, -0.2) is 4.79 Å². The molecule has 1 aliphatic rings. The van der Waals surface area contributed by atoms with Crippen LogP contribution in [0, 0.1) is 5.92 Å². The molecule has 0 radical (unpaired) electrons. The molecule has 142 valence electrons. The van der Waals surface area contributed by atoms with Gasteiger partial charge in [-0.3, -0.25) is 4.79 Å². The van der Waals surface area contributed by atoms with Crippen molar-refractivity contribution in [2.75, 3.05) is 23.7 Å². The van der Waals surface area contributed by atoms with E-state index in [2.05, 4.69) is 17.6 Å². The molecule has 0 aliphatic carbocycles. The van der Waals surface area contributed by atoms with Crippen LogP contribution in [0.3, 0.4) is 0 Å².